The number of furan rings is 1. The molecule has 1 heterocycles. The van der Waals surface area contributed by atoms with E-state index in [1.165, 1.54) is 60.7 Å². The highest BCUT2D eigenvalue weighted by Crippen LogP contribution is 2.29. The topological polar surface area (TPSA) is 323 Å². The van der Waals surface area contributed by atoms with Gasteiger partial charge in [0.05, 0.1) is 34.1 Å². The van der Waals surface area contributed by atoms with Gasteiger partial charge in [-0.05, 0) is 289 Å². The molecule has 0 aliphatic heterocycles. The molecule has 0 saturated carbocycles. The molecule has 15 rings (SSSR count). The van der Waals surface area contributed by atoms with E-state index in [0.717, 1.165) is 102 Å². The van der Waals surface area contributed by atoms with Crippen LogP contribution in [0, 0.1) is 30.2 Å². The number of anilines is 5. The molecule has 0 unspecified atom stereocenters. The van der Waals surface area contributed by atoms with E-state index in [2.05, 4.69) is 26.6 Å². The molecule has 0 aliphatic carbocycles. The van der Waals surface area contributed by atoms with Gasteiger partial charge in [0.2, 0.25) is 0 Å². The highest BCUT2D eigenvalue weighted by atomic mass is 19.1. The number of carbonyl (C=O) groups is 6. The first-order valence-corrected chi connectivity index (χ1v) is 41.4. The number of ether oxygens (including phenoxy) is 5. The quantitative estimate of drug-likeness (QED) is 0.0168. The number of rotatable bonds is 34. The molecule has 2 atom stereocenters. The SMILES string of the molecule is C[C@@H](Oc1ccc(CNc2cccc(C(=O)O)c2)cc1)c1ccc(F)cc1.C[C@H](Oc1ccc(CNc2cccc(C(=O)O)c2)cc1)c1ccc(F)cc1.Cc1cc(CNc2cccc(C(=O)O)c2)ccc1OCc1ccc(F)cc1.O=C(O)c1cccc(NC(=O)c2ccc(OCc3ccc(F)cc3)cc2)c1.O=C(O)c1cccc(NCc2ccc(OCc3ccco3)cc2)c1. The van der Waals surface area contributed by atoms with Crippen LogP contribution in [0.5, 0.6) is 28.7 Å². The molecule has 0 radical (unpaired) electrons. The smallest absolute Gasteiger partial charge is 0.335 e. The molecular formula is C106H93F4N5O17. The van der Waals surface area contributed by atoms with Crippen LogP contribution in [-0.4, -0.2) is 61.3 Å². The fourth-order valence-electron chi connectivity index (χ4n) is 12.6. The van der Waals surface area contributed by atoms with Crippen LogP contribution in [-0.2, 0) is 46.0 Å². The third kappa shape index (κ3) is 31.6. The monoisotopic (exact) mass is 1780 g/mol. The lowest BCUT2D eigenvalue weighted by Gasteiger charge is -2.15. The van der Waals surface area contributed by atoms with Gasteiger partial charge in [0, 0.05) is 60.2 Å². The van der Waals surface area contributed by atoms with Crippen LogP contribution in [0.25, 0.3) is 0 Å². The summed E-state index contributed by atoms with van der Waals surface area (Å²) in [5.41, 5.74) is 13.7. The van der Waals surface area contributed by atoms with Crippen molar-refractivity contribution in [3.8, 4) is 28.7 Å². The van der Waals surface area contributed by atoms with Crippen molar-refractivity contribution < 1.29 is 100.0 Å². The van der Waals surface area contributed by atoms with E-state index in [4.69, 9.17) is 53.6 Å². The number of aryl methyl sites for hydroxylation is 1. The van der Waals surface area contributed by atoms with Gasteiger partial charge < -0.3 is 80.2 Å². The number of amides is 1. The summed E-state index contributed by atoms with van der Waals surface area (Å²) in [5, 5.41) is 60.6. The van der Waals surface area contributed by atoms with Gasteiger partial charge in [0.15, 0.2) is 0 Å². The van der Waals surface area contributed by atoms with Crippen LogP contribution in [0.4, 0.5) is 46.0 Å². The molecule has 26 heteroatoms. The van der Waals surface area contributed by atoms with Crippen LogP contribution in [0.2, 0.25) is 0 Å². The summed E-state index contributed by atoms with van der Waals surface area (Å²) in [6, 6.07) is 96.8. The number of benzene rings is 14. The first-order valence-electron chi connectivity index (χ1n) is 41.4. The molecule has 0 spiro atoms. The van der Waals surface area contributed by atoms with Gasteiger partial charge in [-0.2, -0.15) is 0 Å². The summed E-state index contributed by atoms with van der Waals surface area (Å²) in [4.78, 5) is 67.3. The lowest BCUT2D eigenvalue weighted by molar-refractivity contribution is 0.0686. The second-order valence-electron chi connectivity index (χ2n) is 29.7. The molecular weight excluding hydrogens is 1690 g/mol. The van der Waals surface area contributed by atoms with E-state index < -0.39 is 29.8 Å². The third-order valence-electron chi connectivity index (χ3n) is 19.8. The summed E-state index contributed by atoms with van der Waals surface area (Å²) in [7, 11) is 0. The van der Waals surface area contributed by atoms with E-state index >= 15 is 0 Å². The number of hydrogen-bond acceptors (Lipinski definition) is 16. The zero-order valence-corrected chi connectivity index (χ0v) is 71.7. The van der Waals surface area contributed by atoms with Gasteiger partial charge in [0.25, 0.3) is 5.91 Å². The predicted molar refractivity (Wildman–Crippen MR) is 497 cm³/mol. The van der Waals surface area contributed by atoms with E-state index in [1.807, 2.05) is 148 Å². The van der Waals surface area contributed by atoms with Crippen LogP contribution in [0.1, 0.15) is 144 Å². The Morgan fingerprint density at radius 3 is 0.955 bits per heavy atom. The highest BCUT2D eigenvalue weighted by Gasteiger charge is 2.16. The van der Waals surface area contributed by atoms with Crippen molar-refractivity contribution in [2.45, 2.75) is 79.0 Å². The fraction of sp³-hybridized carbons (Fsp3) is 0.113. The number of carbonyl (C=O) groups excluding carboxylic acids is 1. The predicted octanol–water partition coefficient (Wildman–Crippen LogP) is 24.1. The molecule has 0 bridgehead atoms. The zero-order chi connectivity index (χ0) is 93.7. The van der Waals surface area contributed by atoms with E-state index in [1.54, 1.807) is 164 Å². The summed E-state index contributed by atoms with van der Waals surface area (Å²) in [6.07, 6.45) is 1.24. The van der Waals surface area contributed by atoms with E-state index in [9.17, 15) is 46.3 Å². The molecule has 10 N–H and O–H groups in total. The van der Waals surface area contributed by atoms with Gasteiger partial charge in [-0.1, -0.05) is 127 Å². The summed E-state index contributed by atoms with van der Waals surface area (Å²) in [6.45, 7) is 9.16. The number of halogens is 4. The van der Waals surface area contributed by atoms with E-state index in [0.29, 0.717) is 56.4 Å². The van der Waals surface area contributed by atoms with Crippen molar-refractivity contribution in [2.24, 2.45) is 0 Å². The first kappa shape index (κ1) is 95.7. The van der Waals surface area contributed by atoms with Gasteiger partial charge in [0.1, 0.15) is 89.8 Å². The minimum Gasteiger partial charge on any atom is -0.489 e. The van der Waals surface area contributed by atoms with Crippen molar-refractivity contribution in [1.82, 2.24) is 0 Å². The van der Waals surface area contributed by atoms with Crippen LogP contribution in [0.15, 0.2) is 356 Å². The van der Waals surface area contributed by atoms with E-state index in [-0.39, 0.29) is 75.8 Å². The second-order valence-corrected chi connectivity index (χ2v) is 29.7. The standard InChI is InChI=1S/3C22H20FNO3.C21H16FNO4.C19H17NO4/c2*1-15(17-7-9-19(23)10-8-17)27-21-11-5-16(6-12-21)14-24-20-4-2-3-18(13-20)22(25)26;1-15-11-17(13-24-20-4-2-3-18(12-20)22(25)26)7-10-21(15)27-14-16-5-8-19(23)9-6-16;22-17-8-4-14(5-9-17)13-27-19-10-6-15(7-11-19)20(24)23-18-3-1-2-16(12-18)21(25)26;21-19(22)15-3-1-4-16(11-15)20-12-14-6-8-17(9-7-14)24-13-18-5-2-10-23-18/h2*2-13,15,24H,14H2,1H3,(H,25,26);2-12,24H,13-14H2,1H3,(H,25,26);1-12H,13H2,(H,23,24)(H,25,26);1-11,20H,12-13H2,(H,21,22)/t2*15-;;;/m10.../s1. The molecule has 0 saturated heterocycles. The molecule has 132 heavy (non-hydrogen) atoms. The normalized spacial score (nSPS) is 10.9. The van der Waals surface area contributed by atoms with Crippen molar-refractivity contribution >= 4 is 64.2 Å². The molecule has 0 aliphatic rings. The minimum absolute atomic E-state index is 0.0948. The van der Waals surface area contributed by atoms with Crippen LogP contribution >= 0.6 is 0 Å². The molecule has 0 fully saturated rings. The maximum Gasteiger partial charge on any atom is 0.335 e. The largest absolute Gasteiger partial charge is 0.489 e. The maximum atomic E-state index is 13.0. The summed E-state index contributed by atoms with van der Waals surface area (Å²) >= 11 is 0. The van der Waals surface area contributed by atoms with Crippen LogP contribution < -0.4 is 50.3 Å². The fourth-order valence-corrected chi connectivity index (χ4v) is 12.6. The maximum absolute atomic E-state index is 13.0. The number of carboxylic acid groups (broad SMARTS) is 5. The third-order valence-corrected chi connectivity index (χ3v) is 19.8. The van der Waals surface area contributed by atoms with Crippen LogP contribution in [0.3, 0.4) is 0 Å². The van der Waals surface area contributed by atoms with Crippen molar-refractivity contribution in [3.05, 3.63) is 465 Å². The average Bonchev–Trinajstić information content (AvgIpc) is 0.920. The zero-order valence-electron chi connectivity index (χ0n) is 71.7. The Morgan fingerprint density at radius 2 is 0.606 bits per heavy atom. The van der Waals surface area contributed by atoms with Crippen molar-refractivity contribution in [3.63, 3.8) is 0 Å². The molecule has 1 amide bonds. The average molecular weight is 1780 g/mol. The Balaban J connectivity index is 0.000000159. The lowest BCUT2D eigenvalue weighted by atomic mass is 10.1. The lowest BCUT2D eigenvalue weighted by Crippen LogP contribution is -2.12. The van der Waals surface area contributed by atoms with Crippen molar-refractivity contribution in [2.75, 3.05) is 26.6 Å². The Bertz CT molecular complexity index is 6120. The number of nitrogens with one attached hydrogen (secondary N) is 5. The Hall–Kier alpha value is -16.9. The number of aromatic carboxylic acids is 5. The molecule has 22 nitrogen and oxygen atoms in total. The summed E-state index contributed by atoms with van der Waals surface area (Å²) < 4.78 is 85.9. The van der Waals surface area contributed by atoms with Gasteiger partial charge >= 0.3 is 29.8 Å². The Labute approximate surface area is 759 Å². The van der Waals surface area contributed by atoms with Gasteiger partial charge in [-0.25, -0.2) is 41.5 Å². The first-order chi connectivity index (χ1) is 63.7. The second kappa shape index (κ2) is 48.7. The van der Waals surface area contributed by atoms with Crippen molar-refractivity contribution in [1.29, 1.82) is 0 Å². The number of carboxylic acids is 5. The van der Waals surface area contributed by atoms with Gasteiger partial charge in [-0.3, -0.25) is 4.79 Å². The number of hydrogen-bond donors (Lipinski definition) is 10. The minimum atomic E-state index is -1.06. The Morgan fingerprint density at radius 1 is 0.303 bits per heavy atom. The molecule has 15 aromatic rings. The Kier molecular flexibility index (Phi) is 35.3. The molecule has 14 aromatic carbocycles. The summed E-state index contributed by atoms with van der Waals surface area (Å²) in [5.74, 6) is -1.96. The molecule has 1 aromatic heterocycles. The molecule has 672 valence electrons. The van der Waals surface area contributed by atoms with Gasteiger partial charge in [-0.15, -0.1) is 0 Å². The highest BCUT2D eigenvalue weighted by molar-refractivity contribution is 6.05.